The highest BCUT2D eigenvalue weighted by atomic mass is 32.2. The number of alkyl halides is 3. The second-order valence-corrected chi connectivity index (χ2v) is 11.0. The minimum absolute atomic E-state index is 0.256. The summed E-state index contributed by atoms with van der Waals surface area (Å²) in [7, 11) is -3.65. The van der Waals surface area contributed by atoms with Crippen molar-refractivity contribution in [3.05, 3.63) is 72.3 Å². The number of anilines is 2. The molecule has 1 aromatic heterocycles. The van der Waals surface area contributed by atoms with Crippen LogP contribution in [-0.2, 0) is 10.0 Å². The molecule has 38 heavy (non-hydrogen) atoms. The van der Waals surface area contributed by atoms with Gasteiger partial charge in [0, 0.05) is 35.1 Å². The highest BCUT2D eigenvalue weighted by molar-refractivity contribution is 7.89. The molecule has 0 atom stereocenters. The van der Waals surface area contributed by atoms with Crippen molar-refractivity contribution < 1.29 is 26.3 Å². The van der Waals surface area contributed by atoms with Crippen molar-refractivity contribution in [1.29, 1.82) is 0 Å². The van der Waals surface area contributed by atoms with Gasteiger partial charge in [-0.3, -0.25) is 0 Å². The van der Waals surface area contributed by atoms with Gasteiger partial charge >= 0.3 is 6.36 Å². The van der Waals surface area contributed by atoms with E-state index in [1.165, 1.54) is 24.3 Å². The first-order valence-electron chi connectivity index (χ1n) is 12.1. The number of fused-ring (bicyclic) bond motifs is 1. The predicted molar refractivity (Wildman–Crippen MR) is 139 cm³/mol. The standard InChI is InChI=1S/C27H25F3N4O3S/c1-18-9-10-19(17-24(18)38(35,36)34-15-5-2-6-16-34)25-22-7-3-4-8-23(22)26(33-32-25)31-20-11-13-21(14-12-20)37-27(28,29)30/h3-4,7-14,17H,2,5-6,15-16H2,1H3,(H,31,33). The summed E-state index contributed by atoms with van der Waals surface area (Å²) in [6, 6.07) is 18.0. The number of benzene rings is 3. The van der Waals surface area contributed by atoms with Gasteiger partial charge in [-0.1, -0.05) is 42.8 Å². The van der Waals surface area contributed by atoms with Crippen LogP contribution >= 0.6 is 0 Å². The molecule has 0 bridgehead atoms. The number of nitrogens with one attached hydrogen (secondary N) is 1. The van der Waals surface area contributed by atoms with E-state index in [4.69, 9.17) is 0 Å². The smallest absolute Gasteiger partial charge is 0.406 e. The summed E-state index contributed by atoms with van der Waals surface area (Å²) in [6.45, 7) is 2.80. The zero-order valence-electron chi connectivity index (χ0n) is 20.5. The Morgan fingerprint density at radius 1 is 0.895 bits per heavy atom. The Morgan fingerprint density at radius 2 is 1.58 bits per heavy atom. The van der Waals surface area contributed by atoms with E-state index >= 15 is 0 Å². The van der Waals surface area contributed by atoms with E-state index in [1.807, 2.05) is 30.3 Å². The molecule has 0 radical (unpaired) electrons. The lowest BCUT2D eigenvalue weighted by Gasteiger charge is -2.26. The number of rotatable bonds is 6. The van der Waals surface area contributed by atoms with Crippen molar-refractivity contribution in [3.63, 3.8) is 0 Å². The van der Waals surface area contributed by atoms with Crippen LogP contribution in [0, 0.1) is 6.92 Å². The van der Waals surface area contributed by atoms with Crippen LogP contribution < -0.4 is 10.1 Å². The number of hydrogen-bond donors (Lipinski definition) is 1. The highest BCUT2D eigenvalue weighted by Crippen LogP contribution is 2.34. The summed E-state index contributed by atoms with van der Waals surface area (Å²) < 4.78 is 69.7. The number of piperidine rings is 1. The summed E-state index contributed by atoms with van der Waals surface area (Å²) in [5.74, 6) is 0.0751. The molecule has 11 heteroatoms. The zero-order valence-corrected chi connectivity index (χ0v) is 21.3. The molecule has 1 aliphatic rings. The first-order valence-corrected chi connectivity index (χ1v) is 13.6. The maximum Gasteiger partial charge on any atom is 0.573 e. The van der Waals surface area contributed by atoms with Crippen molar-refractivity contribution >= 4 is 32.3 Å². The van der Waals surface area contributed by atoms with E-state index in [0.29, 0.717) is 46.8 Å². The van der Waals surface area contributed by atoms with Gasteiger partial charge in [0.2, 0.25) is 10.0 Å². The molecule has 0 saturated carbocycles. The number of aromatic nitrogens is 2. The SMILES string of the molecule is Cc1ccc(-c2nnc(Nc3ccc(OC(F)(F)F)cc3)c3ccccc23)cc1S(=O)(=O)N1CCCCC1. The van der Waals surface area contributed by atoms with Crippen LogP contribution in [0.5, 0.6) is 5.75 Å². The third-order valence-electron chi connectivity index (χ3n) is 6.43. The van der Waals surface area contributed by atoms with Crippen molar-refractivity contribution in [1.82, 2.24) is 14.5 Å². The van der Waals surface area contributed by atoms with Gasteiger partial charge in [-0.25, -0.2) is 8.42 Å². The van der Waals surface area contributed by atoms with Gasteiger partial charge in [0.25, 0.3) is 0 Å². The summed E-state index contributed by atoms with van der Waals surface area (Å²) in [6.07, 6.45) is -2.05. The minimum Gasteiger partial charge on any atom is -0.406 e. The van der Waals surface area contributed by atoms with E-state index < -0.39 is 16.4 Å². The van der Waals surface area contributed by atoms with Crippen LogP contribution in [0.25, 0.3) is 22.0 Å². The average Bonchev–Trinajstić information content (AvgIpc) is 2.90. The topological polar surface area (TPSA) is 84.4 Å². The number of ether oxygens (including phenoxy) is 1. The van der Waals surface area contributed by atoms with Crippen molar-refractivity contribution in [2.75, 3.05) is 18.4 Å². The van der Waals surface area contributed by atoms with Crippen LogP contribution in [0.1, 0.15) is 24.8 Å². The Kier molecular flexibility index (Phi) is 6.97. The predicted octanol–water partition coefficient (Wildman–Crippen LogP) is 6.42. The molecular formula is C27H25F3N4O3S. The van der Waals surface area contributed by atoms with E-state index in [9.17, 15) is 21.6 Å². The number of halogens is 3. The van der Waals surface area contributed by atoms with Crippen molar-refractivity contribution in [3.8, 4) is 17.0 Å². The van der Waals surface area contributed by atoms with Crippen LogP contribution in [-0.4, -0.2) is 42.4 Å². The average molecular weight is 543 g/mol. The summed E-state index contributed by atoms with van der Waals surface area (Å²) in [5, 5.41) is 13.3. The molecule has 3 aromatic carbocycles. The third kappa shape index (κ3) is 5.44. The molecule has 0 unspecified atom stereocenters. The lowest BCUT2D eigenvalue weighted by Crippen LogP contribution is -2.35. The normalized spacial score (nSPS) is 14.9. The number of sulfonamides is 1. The lowest BCUT2D eigenvalue weighted by atomic mass is 10.0. The number of nitrogens with zero attached hydrogens (tertiary/aromatic N) is 3. The van der Waals surface area contributed by atoms with Gasteiger partial charge in [0.15, 0.2) is 5.82 Å². The molecule has 2 heterocycles. The molecule has 0 spiro atoms. The molecule has 4 aromatic rings. The first-order chi connectivity index (χ1) is 18.1. The fourth-order valence-electron chi connectivity index (χ4n) is 4.56. The molecule has 198 valence electrons. The monoisotopic (exact) mass is 542 g/mol. The molecule has 0 aliphatic carbocycles. The van der Waals surface area contributed by atoms with Gasteiger partial charge in [0.1, 0.15) is 11.4 Å². The first kappa shape index (κ1) is 25.9. The van der Waals surface area contributed by atoms with Crippen molar-refractivity contribution in [2.24, 2.45) is 0 Å². The van der Waals surface area contributed by atoms with Crippen LogP contribution in [0.15, 0.2) is 71.6 Å². The molecule has 1 saturated heterocycles. The molecule has 0 amide bonds. The molecular weight excluding hydrogens is 517 g/mol. The van der Waals surface area contributed by atoms with Gasteiger partial charge in [-0.2, -0.15) is 4.31 Å². The maximum absolute atomic E-state index is 13.4. The summed E-state index contributed by atoms with van der Waals surface area (Å²) >= 11 is 0. The lowest BCUT2D eigenvalue weighted by molar-refractivity contribution is -0.274. The molecule has 7 nitrogen and oxygen atoms in total. The van der Waals surface area contributed by atoms with Crippen LogP contribution in [0.4, 0.5) is 24.7 Å². The number of hydrogen-bond acceptors (Lipinski definition) is 6. The molecule has 5 rings (SSSR count). The quantitative estimate of drug-likeness (QED) is 0.303. The Morgan fingerprint density at radius 3 is 2.26 bits per heavy atom. The Hall–Kier alpha value is -3.70. The molecule has 1 N–H and O–H groups in total. The van der Waals surface area contributed by atoms with Crippen LogP contribution in [0.2, 0.25) is 0 Å². The van der Waals surface area contributed by atoms with E-state index in [1.54, 1.807) is 23.4 Å². The van der Waals surface area contributed by atoms with Crippen molar-refractivity contribution in [2.45, 2.75) is 37.4 Å². The molecule has 1 aliphatic heterocycles. The Labute approximate surface area is 218 Å². The Balaban J connectivity index is 1.49. The maximum atomic E-state index is 13.4. The minimum atomic E-state index is -4.77. The van der Waals surface area contributed by atoms with Gasteiger partial charge < -0.3 is 10.1 Å². The highest BCUT2D eigenvalue weighted by Gasteiger charge is 2.31. The third-order valence-corrected chi connectivity index (χ3v) is 8.47. The van der Waals surface area contributed by atoms with Crippen LogP contribution in [0.3, 0.4) is 0 Å². The van der Waals surface area contributed by atoms with E-state index in [2.05, 4.69) is 20.3 Å². The van der Waals surface area contributed by atoms with Gasteiger partial charge in [-0.05, 0) is 55.7 Å². The fourth-order valence-corrected chi connectivity index (χ4v) is 6.32. The molecule has 1 fully saturated rings. The van der Waals surface area contributed by atoms with Gasteiger partial charge in [0.05, 0.1) is 4.90 Å². The fraction of sp³-hybridized carbons (Fsp3) is 0.259. The summed E-state index contributed by atoms with van der Waals surface area (Å²) in [4.78, 5) is 0.256. The zero-order chi connectivity index (χ0) is 26.9. The van der Waals surface area contributed by atoms with E-state index in [0.717, 1.165) is 24.6 Å². The Bertz CT molecular complexity index is 1570. The largest absolute Gasteiger partial charge is 0.573 e. The van der Waals surface area contributed by atoms with E-state index in [-0.39, 0.29) is 10.6 Å². The summed E-state index contributed by atoms with van der Waals surface area (Å²) in [5.41, 5.74) is 2.30. The second-order valence-electron chi connectivity index (χ2n) is 9.08. The van der Waals surface area contributed by atoms with Gasteiger partial charge in [-0.15, -0.1) is 23.4 Å². The second kappa shape index (κ2) is 10.2. The number of aryl methyl sites for hydroxylation is 1.